The Bertz CT molecular complexity index is 588. The van der Waals surface area contributed by atoms with Crippen LogP contribution in [0.15, 0.2) is 46.9 Å². The highest BCUT2D eigenvalue weighted by molar-refractivity contribution is 5.94. The number of hydrogen-bond acceptors (Lipinski definition) is 3. The maximum Gasteiger partial charge on any atom is 0.151 e. The fourth-order valence-corrected chi connectivity index (χ4v) is 1.59. The summed E-state index contributed by atoms with van der Waals surface area (Å²) in [7, 11) is 0. The van der Waals surface area contributed by atoms with E-state index in [1.54, 1.807) is 6.07 Å². The summed E-state index contributed by atoms with van der Waals surface area (Å²) in [4.78, 5) is 0. The largest absolute Gasteiger partial charge is 0.460 e. The van der Waals surface area contributed by atoms with E-state index in [4.69, 9.17) is 10.2 Å². The van der Waals surface area contributed by atoms with Crippen molar-refractivity contribution in [2.45, 2.75) is 6.92 Å². The van der Waals surface area contributed by atoms with Crippen LogP contribution < -0.4 is 5.73 Å². The van der Waals surface area contributed by atoms with E-state index in [0.29, 0.717) is 17.0 Å². The topological polar surface area (TPSA) is 63.0 Å². The third-order valence-electron chi connectivity index (χ3n) is 2.45. The van der Waals surface area contributed by atoms with Crippen molar-refractivity contribution in [2.24, 2.45) is 5.73 Å². The second-order valence-electron chi connectivity index (χ2n) is 3.68. The molecule has 0 aliphatic rings. The molecular weight excluding hydrogens is 212 g/mol. The summed E-state index contributed by atoms with van der Waals surface area (Å²) in [6.07, 6.45) is 0. The standard InChI is InChI=1S/C14H12N2O/c1-10-7-8-13(17-10)14(16)12(9-15)11-5-3-2-4-6-11/h2-8H,16H2,1H3/b14-12+. The zero-order chi connectivity index (χ0) is 12.3. The lowest BCUT2D eigenvalue weighted by molar-refractivity contribution is 0.521. The summed E-state index contributed by atoms with van der Waals surface area (Å²) >= 11 is 0. The van der Waals surface area contributed by atoms with Crippen LogP contribution in [-0.4, -0.2) is 0 Å². The second kappa shape index (κ2) is 4.58. The number of allylic oxidation sites excluding steroid dienone is 1. The highest BCUT2D eigenvalue weighted by Gasteiger charge is 2.10. The Hall–Kier alpha value is -2.47. The lowest BCUT2D eigenvalue weighted by Gasteiger charge is -2.03. The minimum atomic E-state index is 0.367. The number of rotatable bonds is 2. The third kappa shape index (κ3) is 2.21. The normalized spacial score (nSPS) is 11.8. The van der Waals surface area contributed by atoms with Gasteiger partial charge in [-0.15, -0.1) is 0 Å². The monoisotopic (exact) mass is 224 g/mol. The summed E-state index contributed by atoms with van der Waals surface area (Å²) in [6, 6.07) is 15.0. The summed E-state index contributed by atoms with van der Waals surface area (Å²) in [5, 5.41) is 9.19. The highest BCUT2D eigenvalue weighted by atomic mass is 16.3. The van der Waals surface area contributed by atoms with Gasteiger partial charge in [-0.1, -0.05) is 30.3 Å². The number of aryl methyl sites for hydroxylation is 1. The molecule has 1 aromatic heterocycles. The van der Waals surface area contributed by atoms with Gasteiger partial charge in [-0.3, -0.25) is 0 Å². The number of benzene rings is 1. The quantitative estimate of drug-likeness (QED) is 0.797. The molecule has 0 aliphatic carbocycles. The highest BCUT2D eigenvalue weighted by Crippen LogP contribution is 2.23. The van der Waals surface area contributed by atoms with E-state index < -0.39 is 0 Å². The first-order valence-electron chi connectivity index (χ1n) is 5.24. The Morgan fingerprint density at radius 2 is 1.88 bits per heavy atom. The molecule has 2 rings (SSSR count). The minimum Gasteiger partial charge on any atom is -0.460 e. The molecule has 2 aromatic rings. The average molecular weight is 224 g/mol. The molecule has 3 nitrogen and oxygen atoms in total. The van der Waals surface area contributed by atoms with Crippen LogP contribution in [0.3, 0.4) is 0 Å². The molecule has 0 saturated heterocycles. The van der Waals surface area contributed by atoms with Gasteiger partial charge in [0.05, 0.1) is 11.3 Å². The van der Waals surface area contributed by atoms with E-state index in [-0.39, 0.29) is 0 Å². The first-order chi connectivity index (χ1) is 8.22. The summed E-state index contributed by atoms with van der Waals surface area (Å²) in [5.41, 5.74) is 7.55. The van der Waals surface area contributed by atoms with Gasteiger partial charge in [0.1, 0.15) is 11.8 Å². The molecule has 0 amide bonds. The summed E-state index contributed by atoms with van der Waals surface area (Å²) in [5.74, 6) is 1.30. The third-order valence-corrected chi connectivity index (χ3v) is 2.45. The molecule has 0 spiro atoms. The molecule has 1 aromatic carbocycles. The Morgan fingerprint density at radius 3 is 2.41 bits per heavy atom. The number of furan rings is 1. The van der Waals surface area contributed by atoms with Gasteiger partial charge in [-0.2, -0.15) is 5.26 Å². The Kier molecular flexibility index (Phi) is 2.97. The van der Waals surface area contributed by atoms with E-state index >= 15 is 0 Å². The van der Waals surface area contributed by atoms with Crippen molar-refractivity contribution < 1.29 is 4.42 Å². The molecular formula is C14H12N2O. The summed E-state index contributed by atoms with van der Waals surface area (Å²) in [6.45, 7) is 1.84. The molecule has 84 valence electrons. The lowest BCUT2D eigenvalue weighted by Crippen LogP contribution is -1.99. The molecule has 0 unspecified atom stereocenters. The predicted octanol–water partition coefficient (Wildman–Crippen LogP) is 2.94. The van der Waals surface area contributed by atoms with Crippen molar-refractivity contribution in [3.05, 3.63) is 59.5 Å². The van der Waals surface area contributed by atoms with E-state index in [0.717, 1.165) is 11.3 Å². The van der Waals surface area contributed by atoms with Gasteiger partial charge < -0.3 is 10.2 Å². The molecule has 0 saturated carbocycles. The fraction of sp³-hybridized carbons (Fsp3) is 0.0714. The smallest absolute Gasteiger partial charge is 0.151 e. The van der Waals surface area contributed by atoms with Crippen LogP contribution in [-0.2, 0) is 0 Å². The van der Waals surface area contributed by atoms with Crippen LogP contribution in [0, 0.1) is 18.3 Å². The van der Waals surface area contributed by atoms with Gasteiger partial charge in [0.2, 0.25) is 0 Å². The van der Waals surface area contributed by atoms with Gasteiger partial charge in [0, 0.05) is 0 Å². The van der Waals surface area contributed by atoms with Crippen molar-refractivity contribution in [3.63, 3.8) is 0 Å². The maximum atomic E-state index is 9.19. The lowest BCUT2D eigenvalue weighted by atomic mass is 10.0. The van der Waals surface area contributed by atoms with Crippen LogP contribution in [0.25, 0.3) is 11.3 Å². The van der Waals surface area contributed by atoms with Crippen LogP contribution in [0.2, 0.25) is 0 Å². The van der Waals surface area contributed by atoms with Crippen LogP contribution in [0.5, 0.6) is 0 Å². The van der Waals surface area contributed by atoms with E-state index in [1.807, 2.05) is 43.3 Å². The minimum absolute atomic E-state index is 0.367. The molecule has 0 bridgehead atoms. The van der Waals surface area contributed by atoms with E-state index in [2.05, 4.69) is 6.07 Å². The van der Waals surface area contributed by atoms with Crippen molar-refractivity contribution in [2.75, 3.05) is 0 Å². The van der Waals surface area contributed by atoms with Crippen LogP contribution in [0.4, 0.5) is 0 Å². The SMILES string of the molecule is Cc1ccc(/C(N)=C(/C#N)c2ccccc2)o1. The molecule has 0 radical (unpaired) electrons. The van der Waals surface area contributed by atoms with Crippen molar-refractivity contribution >= 4 is 11.3 Å². The van der Waals surface area contributed by atoms with Gasteiger partial charge in [0.25, 0.3) is 0 Å². The summed E-state index contributed by atoms with van der Waals surface area (Å²) < 4.78 is 5.42. The Balaban J connectivity index is 2.52. The zero-order valence-electron chi connectivity index (χ0n) is 9.47. The number of hydrogen-bond donors (Lipinski definition) is 1. The molecule has 3 heteroatoms. The van der Waals surface area contributed by atoms with E-state index in [1.165, 1.54) is 0 Å². The van der Waals surface area contributed by atoms with Crippen LogP contribution >= 0.6 is 0 Å². The first kappa shape index (κ1) is 11.0. The fourth-order valence-electron chi connectivity index (χ4n) is 1.59. The predicted molar refractivity (Wildman–Crippen MR) is 66.5 cm³/mol. The molecule has 17 heavy (non-hydrogen) atoms. The average Bonchev–Trinajstić information content (AvgIpc) is 2.78. The van der Waals surface area contributed by atoms with E-state index in [9.17, 15) is 5.26 Å². The zero-order valence-corrected chi connectivity index (χ0v) is 9.47. The Labute approximate surface area is 99.8 Å². The second-order valence-corrected chi connectivity index (χ2v) is 3.68. The number of nitriles is 1. The van der Waals surface area contributed by atoms with Crippen molar-refractivity contribution in [3.8, 4) is 6.07 Å². The van der Waals surface area contributed by atoms with Crippen LogP contribution in [0.1, 0.15) is 17.1 Å². The molecule has 2 N–H and O–H groups in total. The van der Waals surface area contributed by atoms with Gasteiger partial charge >= 0.3 is 0 Å². The Morgan fingerprint density at radius 1 is 1.18 bits per heavy atom. The maximum absolute atomic E-state index is 9.19. The molecule has 0 aliphatic heterocycles. The van der Waals surface area contributed by atoms with Gasteiger partial charge in [-0.05, 0) is 24.6 Å². The molecule has 0 fully saturated rings. The number of nitrogens with zero attached hydrogens (tertiary/aromatic N) is 1. The van der Waals surface area contributed by atoms with Gasteiger partial charge in [0.15, 0.2) is 5.76 Å². The van der Waals surface area contributed by atoms with Gasteiger partial charge in [-0.25, -0.2) is 0 Å². The molecule has 0 atom stereocenters. The van der Waals surface area contributed by atoms with Crippen molar-refractivity contribution in [1.82, 2.24) is 0 Å². The van der Waals surface area contributed by atoms with Crippen molar-refractivity contribution in [1.29, 1.82) is 5.26 Å². The molecule has 1 heterocycles. The number of nitrogens with two attached hydrogens (primary N) is 1. The first-order valence-corrected chi connectivity index (χ1v) is 5.24.